The molecule has 0 spiro atoms. The Labute approximate surface area is 196 Å². The maximum Gasteiger partial charge on any atom is 0.306 e. The summed E-state index contributed by atoms with van der Waals surface area (Å²) in [6, 6.07) is 13.6. The van der Waals surface area contributed by atoms with Crippen molar-refractivity contribution in [3.63, 3.8) is 0 Å². The Morgan fingerprint density at radius 2 is 1.62 bits per heavy atom. The molecule has 0 saturated heterocycles. The molecule has 0 saturated carbocycles. The van der Waals surface area contributed by atoms with Gasteiger partial charge in [0.2, 0.25) is 5.91 Å². The lowest BCUT2D eigenvalue weighted by molar-refractivity contribution is -0.144. The second-order valence-corrected chi connectivity index (χ2v) is 7.38. The van der Waals surface area contributed by atoms with Crippen molar-refractivity contribution in [2.75, 3.05) is 17.2 Å². The largest absolute Gasteiger partial charge is 0.479 e. The highest BCUT2D eigenvalue weighted by Crippen LogP contribution is 2.24. The number of hydrogen-bond acceptors (Lipinski definition) is 6. The molecule has 2 aromatic rings. The second-order valence-electron chi connectivity index (χ2n) is 6.56. The van der Waals surface area contributed by atoms with Gasteiger partial charge in [-0.05, 0) is 62.5 Å². The lowest BCUT2D eigenvalue weighted by Gasteiger charge is -2.16. The highest BCUT2D eigenvalue weighted by molar-refractivity contribution is 7.80. The van der Waals surface area contributed by atoms with E-state index in [1.165, 1.54) is 0 Å². The molecule has 0 aromatic heterocycles. The zero-order valence-electron chi connectivity index (χ0n) is 17.6. The van der Waals surface area contributed by atoms with Crippen LogP contribution in [0, 0.1) is 0 Å². The van der Waals surface area contributed by atoms with Crippen LogP contribution in [-0.2, 0) is 19.1 Å². The van der Waals surface area contributed by atoms with Crippen LogP contribution in [0.4, 0.5) is 11.4 Å². The predicted molar refractivity (Wildman–Crippen MR) is 127 cm³/mol. The van der Waals surface area contributed by atoms with Crippen molar-refractivity contribution in [3.8, 4) is 5.75 Å². The van der Waals surface area contributed by atoms with Gasteiger partial charge in [0.15, 0.2) is 11.2 Å². The van der Waals surface area contributed by atoms with Crippen LogP contribution in [0.25, 0.3) is 0 Å². The molecule has 1 unspecified atom stereocenters. The van der Waals surface area contributed by atoms with Crippen molar-refractivity contribution in [1.82, 2.24) is 5.32 Å². The molecule has 2 rings (SSSR count). The summed E-state index contributed by atoms with van der Waals surface area (Å²) >= 11 is 11.1. The quantitative estimate of drug-likeness (QED) is 0.371. The van der Waals surface area contributed by atoms with Crippen LogP contribution in [0.3, 0.4) is 0 Å². The maximum absolute atomic E-state index is 12.4. The molecule has 0 heterocycles. The Morgan fingerprint density at radius 1 is 1.00 bits per heavy atom. The van der Waals surface area contributed by atoms with Crippen LogP contribution in [0.2, 0.25) is 5.02 Å². The first-order valence-electron chi connectivity index (χ1n) is 9.87. The van der Waals surface area contributed by atoms with Gasteiger partial charge in [-0.2, -0.15) is 0 Å². The highest BCUT2D eigenvalue weighted by Gasteiger charge is 2.16. The Kier molecular flexibility index (Phi) is 9.90. The van der Waals surface area contributed by atoms with Gasteiger partial charge < -0.3 is 25.4 Å². The van der Waals surface area contributed by atoms with E-state index in [4.69, 9.17) is 33.3 Å². The Balaban J connectivity index is 1.80. The smallest absolute Gasteiger partial charge is 0.306 e. The number of nitrogens with one attached hydrogen (secondary N) is 3. The summed E-state index contributed by atoms with van der Waals surface area (Å²) in [7, 11) is 0. The van der Waals surface area contributed by atoms with E-state index in [2.05, 4.69) is 16.0 Å². The van der Waals surface area contributed by atoms with E-state index < -0.39 is 18.0 Å². The Bertz CT molecular complexity index is 968. The van der Waals surface area contributed by atoms with E-state index in [-0.39, 0.29) is 30.5 Å². The summed E-state index contributed by atoms with van der Waals surface area (Å²) in [5.41, 5.74) is 1.17. The zero-order chi connectivity index (χ0) is 23.5. The predicted octanol–water partition coefficient (Wildman–Crippen LogP) is 3.90. The minimum atomic E-state index is -0.759. The molecule has 0 aliphatic heterocycles. The molecule has 10 heteroatoms. The molecule has 0 fully saturated rings. The average molecular weight is 478 g/mol. The number of anilines is 2. The number of carbonyl (C=O) groups is 3. The third-order valence-electron chi connectivity index (χ3n) is 4.03. The molecule has 32 heavy (non-hydrogen) atoms. The number of carbonyl (C=O) groups excluding carboxylic acids is 3. The molecule has 170 valence electrons. The van der Waals surface area contributed by atoms with Crippen LogP contribution in [0.5, 0.6) is 5.75 Å². The fraction of sp³-hybridized carbons (Fsp3) is 0.273. The van der Waals surface area contributed by atoms with E-state index in [9.17, 15) is 14.4 Å². The first-order valence-corrected chi connectivity index (χ1v) is 10.7. The number of esters is 1. The first kappa shape index (κ1) is 25.1. The van der Waals surface area contributed by atoms with Crippen LogP contribution in [-0.4, -0.2) is 35.6 Å². The van der Waals surface area contributed by atoms with E-state index in [0.717, 1.165) is 0 Å². The third kappa shape index (κ3) is 8.52. The summed E-state index contributed by atoms with van der Waals surface area (Å²) in [4.78, 5) is 35.5. The van der Waals surface area contributed by atoms with E-state index in [1.54, 1.807) is 62.4 Å². The maximum atomic E-state index is 12.4. The molecule has 2 amide bonds. The molecule has 0 aliphatic carbocycles. The van der Waals surface area contributed by atoms with Gasteiger partial charge in [-0.1, -0.05) is 23.7 Å². The molecule has 1 atom stereocenters. The van der Waals surface area contributed by atoms with Crippen molar-refractivity contribution < 1.29 is 23.9 Å². The lowest BCUT2D eigenvalue weighted by atomic mass is 10.2. The summed E-state index contributed by atoms with van der Waals surface area (Å²) in [6.45, 7) is 3.59. The number of ether oxygens (including phenoxy) is 2. The summed E-state index contributed by atoms with van der Waals surface area (Å²) in [5, 5.41) is 8.62. The van der Waals surface area contributed by atoms with Gasteiger partial charge >= 0.3 is 5.97 Å². The molecule has 8 nitrogen and oxygen atoms in total. The van der Waals surface area contributed by atoms with E-state index in [0.29, 0.717) is 22.1 Å². The molecule has 3 N–H and O–H groups in total. The Hall–Kier alpha value is -3.17. The number of thiocarbonyl (C=S) groups is 1. The normalized spacial score (nSPS) is 11.1. The van der Waals surface area contributed by atoms with Gasteiger partial charge in [0.25, 0.3) is 5.91 Å². The second kappa shape index (κ2) is 12.6. The third-order valence-corrected chi connectivity index (χ3v) is 4.55. The van der Waals surface area contributed by atoms with Gasteiger partial charge in [-0.15, -0.1) is 0 Å². The molecular formula is C22H24ClN3O5S. The van der Waals surface area contributed by atoms with Crippen LogP contribution in [0.1, 0.15) is 26.7 Å². The van der Waals surface area contributed by atoms with Crippen molar-refractivity contribution >= 4 is 58.1 Å². The average Bonchev–Trinajstić information content (AvgIpc) is 2.75. The Morgan fingerprint density at radius 3 is 2.25 bits per heavy atom. The van der Waals surface area contributed by atoms with Gasteiger partial charge in [0, 0.05) is 17.8 Å². The first-order chi connectivity index (χ1) is 15.3. The minimum Gasteiger partial charge on any atom is -0.479 e. The number of para-hydroxylation sites is 1. The molecule has 2 aromatic carbocycles. The fourth-order valence-electron chi connectivity index (χ4n) is 2.47. The van der Waals surface area contributed by atoms with Crippen molar-refractivity contribution in [2.24, 2.45) is 0 Å². The van der Waals surface area contributed by atoms with Gasteiger partial charge in [0.1, 0.15) is 5.75 Å². The number of rotatable bonds is 9. The lowest BCUT2D eigenvalue weighted by Crippen LogP contribution is -2.34. The molecule has 0 aliphatic rings. The molecular weight excluding hydrogens is 454 g/mol. The highest BCUT2D eigenvalue weighted by atomic mass is 35.5. The summed E-state index contributed by atoms with van der Waals surface area (Å²) in [6.07, 6.45) is -0.805. The monoisotopic (exact) mass is 477 g/mol. The van der Waals surface area contributed by atoms with Gasteiger partial charge in [0.05, 0.1) is 18.1 Å². The minimum absolute atomic E-state index is 0.0186. The topological polar surface area (TPSA) is 106 Å². The molecule has 0 bridgehead atoms. The van der Waals surface area contributed by atoms with Gasteiger partial charge in [-0.25, -0.2) is 0 Å². The SMILES string of the molecule is CCOC(=O)CCC(=O)NC(=S)Nc1ccc(NC(=O)C(C)Oc2ccccc2Cl)cc1. The van der Waals surface area contributed by atoms with Crippen molar-refractivity contribution in [3.05, 3.63) is 53.6 Å². The summed E-state index contributed by atoms with van der Waals surface area (Å²) in [5.74, 6) is -0.748. The van der Waals surface area contributed by atoms with E-state index in [1.807, 2.05) is 0 Å². The van der Waals surface area contributed by atoms with Gasteiger partial charge in [-0.3, -0.25) is 14.4 Å². The number of benzene rings is 2. The van der Waals surface area contributed by atoms with Crippen LogP contribution >= 0.6 is 23.8 Å². The number of amides is 2. The van der Waals surface area contributed by atoms with Crippen molar-refractivity contribution in [2.45, 2.75) is 32.8 Å². The van der Waals surface area contributed by atoms with E-state index >= 15 is 0 Å². The number of hydrogen-bond donors (Lipinski definition) is 3. The zero-order valence-corrected chi connectivity index (χ0v) is 19.2. The molecule has 0 radical (unpaired) electrons. The summed E-state index contributed by atoms with van der Waals surface area (Å²) < 4.78 is 10.4. The van der Waals surface area contributed by atoms with Crippen LogP contribution < -0.4 is 20.7 Å². The number of halogens is 1. The standard InChI is InChI=1S/C22H24ClN3O5S/c1-3-30-20(28)13-12-19(27)26-22(32)25-16-10-8-15(9-11-16)24-21(29)14(2)31-18-7-5-4-6-17(18)23/h4-11,14H,3,12-13H2,1-2H3,(H,24,29)(H2,25,26,27,32). The van der Waals surface area contributed by atoms with Crippen molar-refractivity contribution in [1.29, 1.82) is 0 Å². The van der Waals surface area contributed by atoms with Crippen LogP contribution in [0.15, 0.2) is 48.5 Å². The fourth-order valence-corrected chi connectivity index (χ4v) is 2.88.